The number of nitrogens with zero attached hydrogens (tertiary/aromatic N) is 6. The summed E-state index contributed by atoms with van der Waals surface area (Å²) in [5.41, 5.74) is -1.99. The standard InChI is InChI=1S/C36H40F2N6O5/c1-18(2)27-29(19(3)13-14-39-27)44-32-21(15-23(38)28(40-32)26-22(37)11-10-12-25(26)48-9)30-31(34(44)46)41(8)33(45)24-17-42(20(4)16-43(24)30)35(47)49-36(5,6)7/h10-15,18,20,24H,16-17H2,1-9H3/t20-,24-/m1/s1/i8D3. The van der Waals surface area contributed by atoms with Gasteiger partial charge in [0, 0.05) is 35.3 Å². The van der Waals surface area contributed by atoms with Crippen LogP contribution in [0.5, 0.6) is 5.75 Å². The number of hydrogen-bond donors (Lipinski definition) is 0. The van der Waals surface area contributed by atoms with Gasteiger partial charge >= 0.3 is 6.09 Å². The van der Waals surface area contributed by atoms with Crippen LogP contribution in [0.25, 0.3) is 28.0 Å². The highest BCUT2D eigenvalue weighted by Crippen LogP contribution is 2.44. The van der Waals surface area contributed by atoms with Crippen molar-refractivity contribution in [3.05, 3.63) is 69.8 Å². The van der Waals surface area contributed by atoms with Gasteiger partial charge < -0.3 is 24.2 Å². The molecule has 0 saturated carbocycles. The molecule has 1 aromatic carbocycles. The van der Waals surface area contributed by atoms with E-state index in [0.717, 1.165) is 16.7 Å². The van der Waals surface area contributed by atoms with Crippen LogP contribution in [0.4, 0.5) is 25.0 Å². The predicted octanol–water partition coefficient (Wildman–Crippen LogP) is 5.96. The third-order valence-electron chi connectivity index (χ3n) is 8.79. The van der Waals surface area contributed by atoms with E-state index in [0.29, 0.717) is 16.2 Å². The minimum absolute atomic E-state index is 0.00985. The van der Waals surface area contributed by atoms with Crippen LogP contribution in [0.15, 0.2) is 41.3 Å². The van der Waals surface area contributed by atoms with E-state index in [-0.39, 0.29) is 52.7 Å². The fourth-order valence-electron chi connectivity index (χ4n) is 6.59. The molecule has 6 rings (SSSR count). The highest BCUT2D eigenvalue weighted by atomic mass is 19.1. The van der Waals surface area contributed by atoms with Crippen molar-refractivity contribution in [1.29, 1.82) is 0 Å². The van der Waals surface area contributed by atoms with Crippen molar-refractivity contribution >= 4 is 34.4 Å². The maximum Gasteiger partial charge on any atom is 0.410 e. The average molecular weight is 678 g/mol. The van der Waals surface area contributed by atoms with E-state index in [4.69, 9.17) is 13.6 Å². The van der Waals surface area contributed by atoms with Crippen molar-refractivity contribution in [2.45, 2.75) is 72.1 Å². The number of fused-ring (bicyclic) bond motifs is 5. The van der Waals surface area contributed by atoms with E-state index in [9.17, 15) is 9.59 Å². The van der Waals surface area contributed by atoms with Crippen molar-refractivity contribution < 1.29 is 32.0 Å². The third-order valence-corrected chi connectivity index (χ3v) is 8.79. The van der Waals surface area contributed by atoms with Crippen molar-refractivity contribution in [3.8, 4) is 22.7 Å². The molecule has 4 aromatic rings. The van der Waals surface area contributed by atoms with E-state index in [2.05, 4.69) is 9.97 Å². The number of pyridine rings is 3. The first-order valence-corrected chi connectivity index (χ1v) is 15.9. The van der Waals surface area contributed by atoms with Crippen molar-refractivity contribution in [1.82, 2.24) is 19.4 Å². The number of carbonyl (C=O) groups excluding carboxylic acids is 2. The predicted molar refractivity (Wildman–Crippen MR) is 183 cm³/mol. The highest BCUT2D eigenvalue weighted by molar-refractivity contribution is 6.12. The second-order valence-corrected chi connectivity index (χ2v) is 13.7. The lowest BCUT2D eigenvalue weighted by Gasteiger charge is -2.49. The van der Waals surface area contributed by atoms with Crippen LogP contribution in [0.1, 0.15) is 62.8 Å². The van der Waals surface area contributed by atoms with E-state index in [1.54, 1.807) is 46.9 Å². The Bertz CT molecular complexity index is 2190. The average Bonchev–Trinajstić information content (AvgIpc) is 3.03. The molecule has 11 nitrogen and oxygen atoms in total. The van der Waals surface area contributed by atoms with Gasteiger partial charge in [-0.15, -0.1) is 0 Å². The van der Waals surface area contributed by atoms with Crippen LogP contribution in [-0.2, 0) is 9.53 Å². The number of piperazine rings is 1. The maximum atomic E-state index is 16.6. The van der Waals surface area contributed by atoms with Crippen molar-refractivity contribution in [2.24, 2.45) is 0 Å². The lowest BCUT2D eigenvalue weighted by Crippen LogP contribution is -2.66. The minimum atomic E-state index is -3.18. The van der Waals surface area contributed by atoms with Crippen LogP contribution in [-0.4, -0.2) is 76.3 Å². The monoisotopic (exact) mass is 677 g/mol. The summed E-state index contributed by atoms with van der Waals surface area (Å²) < 4.78 is 69.6. The van der Waals surface area contributed by atoms with Gasteiger partial charge in [-0.25, -0.2) is 18.6 Å². The molecule has 0 bridgehead atoms. The molecule has 49 heavy (non-hydrogen) atoms. The molecule has 5 heterocycles. The minimum Gasteiger partial charge on any atom is -0.496 e. The van der Waals surface area contributed by atoms with Gasteiger partial charge in [0.05, 0.1) is 36.3 Å². The number of aryl methyl sites for hydroxylation is 1. The summed E-state index contributed by atoms with van der Waals surface area (Å²) in [6.45, 7) is 8.73. The van der Waals surface area contributed by atoms with Gasteiger partial charge in [0.1, 0.15) is 34.6 Å². The molecule has 0 radical (unpaired) electrons. The molecule has 0 unspecified atom stereocenters. The molecule has 3 aromatic heterocycles. The smallest absolute Gasteiger partial charge is 0.410 e. The van der Waals surface area contributed by atoms with Gasteiger partial charge in [0.15, 0.2) is 11.5 Å². The summed E-state index contributed by atoms with van der Waals surface area (Å²) in [6, 6.07) is 4.79. The SMILES string of the molecule is [2H]C([2H])([2H])N1C(=O)[C@H]2CN(C(=O)OC(C)(C)C)[C@H](C)CN2c2c1c(=O)n(-c1c(C)ccnc1C(C)C)c1nc(-c3c(F)cccc3OC)c(F)cc21. The Labute approximate surface area is 287 Å². The zero-order valence-electron chi connectivity index (χ0n) is 31.6. The molecule has 2 amide bonds. The van der Waals surface area contributed by atoms with Gasteiger partial charge in [-0.3, -0.25) is 19.1 Å². The van der Waals surface area contributed by atoms with Crippen LogP contribution in [0.3, 0.4) is 0 Å². The molecule has 13 heteroatoms. The number of rotatable bonds is 4. The summed E-state index contributed by atoms with van der Waals surface area (Å²) in [5.74, 6) is -3.05. The largest absolute Gasteiger partial charge is 0.496 e. The maximum absolute atomic E-state index is 16.6. The summed E-state index contributed by atoms with van der Waals surface area (Å²) in [5, 5.41) is -0.0196. The number of ether oxygens (including phenoxy) is 2. The van der Waals surface area contributed by atoms with Crippen LogP contribution in [0, 0.1) is 18.6 Å². The normalized spacial score (nSPS) is 19.0. The van der Waals surface area contributed by atoms with Crippen LogP contribution >= 0.6 is 0 Å². The second kappa shape index (κ2) is 12.1. The van der Waals surface area contributed by atoms with Crippen LogP contribution < -0.4 is 20.1 Å². The molecule has 1 fully saturated rings. The first-order valence-electron chi connectivity index (χ1n) is 17.4. The Morgan fingerprint density at radius 3 is 2.47 bits per heavy atom. The number of benzene rings is 1. The van der Waals surface area contributed by atoms with Crippen molar-refractivity contribution in [2.75, 3.05) is 37.0 Å². The fraction of sp³-hybridized carbons (Fsp3) is 0.417. The van der Waals surface area contributed by atoms with Gasteiger partial charge in [-0.05, 0) is 70.4 Å². The Kier molecular flexibility index (Phi) is 7.42. The summed E-state index contributed by atoms with van der Waals surface area (Å²) in [7, 11) is 1.30. The fourth-order valence-corrected chi connectivity index (χ4v) is 6.59. The number of halogens is 2. The zero-order valence-corrected chi connectivity index (χ0v) is 28.6. The number of hydrogen-bond acceptors (Lipinski definition) is 8. The Morgan fingerprint density at radius 2 is 1.82 bits per heavy atom. The van der Waals surface area contributed by atoms with E-state index >= 15 is 13.6 Å². The molecule has 258 valence electrons. The molecule has 2 aliphatic rings. The van der Waals surface area contributed by atoms with Gasteiger partial charge in [-0.2, -0.15) is 0 Å². The second-order valence-electron chi connectivity index (χ2n) is 13.7. The number of amides is 2. The van der Waals surface area contributed by atoms with Gasteiger partial charge in [0.2, 0.25) is 0 Å². The Hall–Kier alpha value is -5.07. The Morgan fingerprint density at radius 1 is 1.08 bits per heavy atom. The first kappa shape index (κ1) is 30.0. The molecular formula is C36H40F2N6O5. The lowest BCUT2D eigenvalue weighted by molar-refractivity contribution is -0.121. The van der Waals surface area contributed by atoms with Gasteiger partial charge in [-0.1, -0.05) is 19.9 Å². The van der Waals surface area contributed by atoms with Crippen LogP contribution in [0.2, 0.25) is 0 Å². The number of anilines is 2. The summed E-state index contributed by atoms with van der Waals surface area (Å²) >= 11 is 0. The van der Waals surface area contributed by atoms with E-state index in [1.807, 2.05) is 13.8 Å². The number of aromatic nitrogens is 3. The lowest BCUT2D eigenvalue weighted by atomic mass is 9.98. The van der Waals surface area contributed by atoms with Crippen molar-refractivity contribution in [3.63, 3.8) is 0 Å². The number of methoxy groups -OCH3 is 1. The molecule has 0 aliphatic carbocycles. The molecule has 0 spiro atoms. The molecule has 1 saturated heterocycles. The molecule has 2 aliphatic heterocycles. The van der Waals surface area contributed by atoms with E-state index in [1.165, 1.54) is 29.0 Å². The zero-order chi connectivity index (χ0) is 38.2. The van der Waals surface area contributed by atoms with Gasteiger partial charge in [0.25, 0.3) is 11.5 Å². The summed E-state index contributed by atoms with van der Waals surface area (Å²) in [6.07, 6.45) is 0.861. The molecular weight excluding hydrogens is 634 g/mol. The third kappa shape index (κ3) is 5.54. The van der Waals surface area contributed by atoms with E-state index < -0.39 is 65.2 Å². The molecule has 2 atom stereocenters. The Balaban J connectivity index is 1.75. The topological polar surface area (TPSA) is 110 Å². The number of carbonyl (C=O) groups is 2. The quantitative estimate of drug-likeness (QED) is 0.261. The summed E-state index contributed by atoms with van der Waals surface area (Å²) in [4.78, 5) is 55.3. The number of likely N-dealkylation sites (N-methyl/N-ethyl adjacent to an activating group) is 1. The highest BCUT2D eigenvalue weighted by Gasteiger charge is 2.47. The molecule has 0 N–H and O–H groups in total. The first-order chi connectivity index (χ1) is 24.3.